The zero-order valence-corrected chi connectivity index (χ0v) is 26.8. The van der Waals surface area contributed by atoms with Gasteiger partial charge in [0.15, 0.2) is 14.0 Å². The molecule has 4 rings (SSSR count). The van der Waals surface area contributed by atoms with E-state index in [1.54, 1.807) is 12.4 Å². The first-order valence-electron chi connectivity index (χ1n) is 14.0. The van der Waals surface area contributed by atoms with Gasteiger partial charge in [-0.1, -0.05) is 32.9 Å². The van der Waals surface area contributed by atoms with Crippen LogP contribution < -0.4 is 5.32 Å². The second-order valence-corrected chi connectivity index (χ2v) is 18.1. The SMILES string of the molecule is Cc1ccc2c(-c3cnc4[nH]cc(C(=O)NC(C)(C)CO[Si](C)(C)C(C)(C)C)c4n3)nn(CCCN(C)C)c2c1. The van der Waals surface area contributed by atoms with Crippen LogP contribution in [0.2, 0.25) is 18.1 Å². The number of hydrogen-bond donors (Lipinski definition) is 2. The highest BCUT2D eigenvalue weighted by molar-refractivity contribution is 6.74. The number of carbonyl (C=O) groups is 1. The number of carbonyl (C=O) groups excluding carboxylic acids is 1. The lowest BCUT2D eigenvalue weighted by Gasteiger charge is -2.39. The van der Waals surface area contributed by atoms with Crippen LogP contribution in [-0.2, 0) is 11.0 Å². The van der Waals surface area contributed by atoms with Crippen molar-refractivity contribution in [3.05, 3.63) is 41.7 Å². The third-order valence-electron chi connectivity index (χ3n) is 7.80. The van der Waals surface area contributed by atoms with Crippen molar-refractivity contribution < 1.29 is 9.22 Å². The summed E-state index contributed by atoms with van der Waals surface area (Å²) < 4.78 is 8.47. The Morgan fingerprint density at radius 1 is 1.18 bits per heavy atom. The third kappa shape index (κ3) is 6.45. The Bertz CT molecular complexity index is 1510. The van der Waals surface area contributed by atoms with Crippen LogP contribution in [-0.4, -0.2) is 76.6 Å². The van der Waals surface area contributed by atoms with Gasteiger partial charge in [-0.25, -0.2) is 9.97 Å². The maximum atomic E-state index is 13.5. The van der Waals surface area contributed by atoms with Crippen LogP contribution in [0.1, 0.15) is 57.0 Å². The molecule has 1 aromatic carbocycles. The Balaban J connectivity index is 1.62. The average Bonchev–Trinajstić information content (AvgIpc) is 3.43. The number of H-pyrrole nitrogens is 1. The van der Waals surface area contributed by atoms with Crippen LogP contribution in [0.15, 0.2) is 30.6 Å². The van der Waals surface area contributed by atoms with Crippen LogP contribution >= 0.6 is 0 Å². The second-order valence-electron chi connectivity index (χ2n) is 13.3. The molecule has 4 aromatic rings. The first-order chi connectivity index (χ1) is 18.6. The summed E-state index contributed by atoms with van der Waals surface area (Å²) in [6.45, 7) is 19.4. The van der Waals surface area contributed by atoms with Crippen molar-refractivity contribution in [2.24, 2.45) is 0 Å². The number of fused-ring (bicyclic) bond motifs is 2. The van der Waals surface area contributed by atoms with E-state index in [0.717, 1.165) is 36.1 Å². The minimum Gasteiger partial charge on any atom is -0.414 e. The predicted molar refractivity (Wildman–Crippen MR) is 165 cm³/mol. The fraction of sp³-hybridized carbons (Fsp3) is 0.533. The molecule has 216 valence electrons. The fourth-order valence-electron chi connectivity index (χ4n) is 4.35. The average molecular weight is 564 g/mol. The van der Waals surface area contributed by atoms with Crippen molar-refractivity contribution in [2.75, 3.05) is 27.2 Å². The smallest absolute Gasteiger partial charge is 0.255 e. The van der Waals surface area contributed by atoms with Crippen molar-refractivity contribution in [1.82, 2.24) is 34.9 Å². The number of aromatic nitrogens is 5. The van der Waals surface area contributed by atoms with Gasteiger partial charge in [0.1, 0.15) is 16.9 Å². The van der Waals surface area contributed by atoms with Gasteiger partial charge in [0.05, 0.1) is 29.4 Å². The summed E-state index contributed by atoms with van der Waals surface area (Å²) in [7, 11) is 2.21. The molecule has 0 aliphatic rings. The lowest BCUT2D eigenvalue weighted by molar-refractivity contribution is 0.0876. The van der Waals surface area contributed by atoms with Gasteiger partial charge >= 0.3 is 0 Å². The Kier molecular flexibility index (Phi) is 8.27. The highest BCUT2D eigenvalue weighted by atomic mass is 28.4. The van der Waals surface area contributed by atoms with Gasteiger partial charge in [0.25, 0.3) is 5.91 Å². The number of aromatic amines is 1. The van der Waals surface area contributed by atoms with E-state index in [1.165, 1.54) is 5.56 Å². The van der Waals surface area contributed by atoms with Gasteiger partial charge in [-0.3, -0.25) is 9.48 Å². The lowest BCUT2D eigenvalue weighted by Crippen LogP contribution is -2.51. The molecule has 0 spiro atoms. The Morgan fingerprint density at radius 2 is 1.90 bits per heavy atom. The quantitative estimate of drug-likeness (QED) is 0.238. The zero-order valence-electron chi connectivity index (χ0n) is 25.8. The van der Waals surface area contributed by atoms with E-state index in [2.05, 4.69) is 97.9 Å². The first-order valence-corrected chi connectivity index (χ1v) is 16.9. The zero-order chi connectivity index (χ0) is 29.5. The molecule has 0 aliphatic carbocycles. The van der Waals surface area contributed by atoms with Crippen molar-refractivity contribution >= 4 is 36.3 Å². The van der Waals surface area contributed by atoms with Gasteiger partial charge in [0.2, 0.25) is 0 Å². The monoisotopic (exact) mass is 563 g/mol. The molecule has 0 radical (unpaired) electrons. The van der Waals surface area contributed by atoms with Crippen LogP contribution in [0.5, 0.6) is 0 Å². The maximum Gasteiger partial charge on any atom is 0.255 e. The normalized spacial score (nSPS) is 13.1. The van der Waals surface area contributed by atoms with Crippen LogP contribution in [0.4, 0.5) is 0 Å². The van der Waals surface area contributed by atoms with Crippen molar-refractivity contribution in [1.29, 1.82) is 0 Å². The predicted octanol–water partition coefficient (Wildman–Crippen LogP) is 5.76. The van der Waals surface area contributed by atoms with Gasteiger partial charge in [0, 0.05) is 18.1 Å². The Labute approximate surface area is 238 Å². The van der Waals surface area contributed by atoms with Crippen molar-refractivity contribution in [3.8, 4) is 11.4 Å². The molecule has 0 fully saturated rings. The van der Waals surface area contributed by atoms with E-state index in [0.29, 0.717) is 29.0 Å². The number of hydrogen-bond acceptors (Lipinski definition) is 6. The van der Waals surface area contributed by atoms with Gasteiger partial charge in [-0.05, 0) is 77.6 Å². The first kappa shape index (κ1) is 29.9. The molecular weight excluding hydrogens is 518 g/mol. The maximum absolute atomic E-state index is 13.5. The lowest BCUT2D eigenvalue weighted by atomic mass is 10.1. The molecule has 10 heteroatoms. The molecule has 40 heavy (non-hydrogen) atoms. The standard InChI is InChI=1S/C30H45N7O2Si/c1-20-12-13-21-24(16-20)37(15-11-14-36(7)8)35-25(21)23-18-32-27-26(33-23)22(17-31-27)28(38)34-30(5,6)19-39-40(9,10)29(2,3)4/h12-13,16-18H,11,14-15,19H2,1-10H3,(H,31,32)(H,34,38). The molecule has 0 saturated heterocycles. The molecule has 9 nitrogen and oxygen atoms in total. The number of nitrogens with zero attached hydrogens (tertiary/aromatic N) is 5. The number of benzene rings is 1. The number of nitrogens with one attached hydrogen (secondary N) is 2. The van der Waals surface area contributed by atoms with Gasteiger partial charge in [-0.15, -0.1) is 0 Å². The van der Waals surface area contributed by atoms with Crippen molar-refractivity contribution in [3.63, 3.8) is 0 Å². The van der Waals surface area contributed by atoms with E-state index in [9.17, 15) is 4.79 Å². The van der Waals surface area contributed by atoms with E-state index >= 15 is 0 Å². The highest BCUT2D eigenvalue weighted by Crippen LogP contribution is 2.37. The molecule has 3 aromatic heterocycles. The molecule has 0 unspecified atom stereocenters. The third-order valence-corrected chi connectivity index (χ3v) is 12.3. The van der Waals surface area contributed by atoms with E-state index in [-0.39, 0.29) is 10.9 Å². The molecule has 2 N–H and O–H groups in total. The largest absolute Gasteiger partial charge is 0.414 e. The topological polar surface area (TPSA) is 101 Å². The fourth-order valence-corrected chi connectivity index (χ4v) is 5.50. The summed E-state index contributed by atoms with van der Waals surface area (Å²) in [5.74, 6) is -0.212. The minimum absolute atomic E-state index is 0.0954. The second kappa shape index (κ2) is 11.1. The van der Waals surface area contributed by atoms with Crippen molar-refractivity contribution in [2.45, 2.75) is 78.2 Å². The van der Waals surface area contributed by atoms with E-state index in [4.69, 9.17) is 14.5 Å². The molecule has 3 heterocycles. The van der Waals surface area contributed by atoms with E-state index < -0.39 is 13.9 Å². The van der Waals surface area contributed by atoms with E-state index in [1.807, 2.05) is 13.8 Å². The van der Waals surface area contributed by atoms with Crippen LogP contribution in [0.25, 0.3) is 33.5 Å². The van der Waals surface area contributed by atoms with Gasteiger partial charge < -0.3 is 19.6 Å². The summed E-state index contributed by atoms with van der Waals surface area (Å²) in [6.07, 6.45) is 4.39. The molecule has 0 bridgehead atoms. The van der Waals surface area contributed by atoms with Gasteiger partial charge in [-0.2, -0.15) is 5.10 Å². The number of aryl methyl sites for hydroxylation is 2. The molecule has 0 atom stereocenters. The summed E-state index contributed by atoms with van der Waals surface area (Å²) >= 11 is 0. The minimum atomic E-state index is -1.95. The molecule has 0 saturated carbocycles. The summed E-state index contributed by atoms with van der Waals surface area (Å²) in [6, 6.07) is 6.35. The Morgan fingerprint density at radius 3 is 2.58 bits per heavy atom. The van der Waals surface area contributed by atoms with Crippen LogP contribution in [0.3, 0.4) is 0 Å². The molecule has 1 amide bonds. The number of amides is 1. The number of rotatable bonds is 10. The van der Waals surface area contributed by atoms with Crippen LogP contribution in [0, 0.1) is 6.92 Å². The summed E-state index contributed by atoms with van der Waals surface area (Å²) in [5.41, 5.74) is 4.65. The summed E-state index contributed by atoms with van der Waals surface area (Å²) in [5, 5.41) is 9.23. The Hall–Kier alpha value is -3.08. The summed E-state index contributed by atoms with van der Waals surface area (Å²) in [4.78, 5) is 28.3. The molecular formula is C30H45N7O2Si. The highest BCUT2D eigenvalue weighted by Gasteiger charge is 2.39. The molecule has 0 aliphatic heterocycles.